The van der Waals surface area contributed by atoms with E-state index >= 15 is 0 Å². The second-order valence-electron chi connectivity index (χ2n) is 9.13. The highest BCUT2D eigenvalue weighted by Gasteiger charge is 2.56. The molecule has 0 saturated heterocycles. The van der Waals surface area contributed by atoms with Crippen LogP contribution in [0.15, 0.2) is 29.8 Å². The molecule has 1 aliphatic heterocycles. The largest absolute Gasteiger partial charge is 0.485 e. The van der Waals surface area contributed by atoms with Crippen molar-refractivity contribution in [2.45, 2.75) is 75.9 Å². The van der Waals surface area contributed by atoms with E-state index in [2.05, 4.69) is 4.84 Å². The van der Waals surface area contributed by atoms with Crippen molar-refractivity contribution in [3.05, 3.63) is 51.1 Å². The van der Waals surface area contributed by atoms with Gasteiger partial charge in [0.1, 0.15) is 17.0 Å². The minimum absolute atomic E-state index is 0.103. The molecule has 2 unspecified atom stereocenters. The zero-order chi connectivity index (χ0) is 24.4. The van der Waals surface area contributed by atoms with Crippen LogP contribution in [0.3, 0.4) is 0 Å². The predicted molar refractivity (Wildman–Crippen MR) is 113 cm³/mol. The van der Waals surface area contributed by atoms with Crippen molar-refractivity contribution < 1.29 is 38.1 Å². The number of carbonyl (C=O) groups is 1. The first-order valence-corrected chi connectivity index (χ1v) is 10.9. The summed E-state index contributed by atoms with van der Waals surface area (Å²) >= 11 is 0. The van der Waals surface area contributed by atoms with Crippen LogP contribution in [0, 0.1) is 10.1 Å². The quantitative estimate of drug-likeness (QED) is 0.187. The smallest absolute Gasteiger partial charge is 0.381 e. The van der Waals surface area contributed by atoms with Gasteiger partial charge in [0, 0.05) is 17.0 Å². The van der Waals surface area contributed by atoms with Gasteiger partial charge in [0.2, 0.25) is 0 Å². The number of esters is 1. The Bertz CT molecular complexity index is 947. The molecule has 10 heteroatoms. The van der Waals surface area contributed by atoms with Gasteiger partial charge in [-0.25, -0.2) is 4.79 Å². The van der Waals surface area contributed by atoms with Crippen molar-refractivity contribution in [1.29, 1.82) is 0 Å². The number of hydrogen-bond acceptors (Lipinski definition) is 7. The van der Waals surface area contributed by atoms with Gasteiger partial charge in [-0.05, 0) is 58.9 Å². The summed E-state index contributed by atoms with van der Waals surface area (Å²) in [5, 5.41) is 20.5. The zero-order valence-corrected chi connectivity index (χ0v) is 18.9. The second-order valence-corrected chi connectivity index (χ2v) is 9.13. The summed E-state index contributed by atoms with van der Waals surface area (Å²) in [6.07, 6.45) is 4.00. The average Bonchev–Trinajstić information content (AvgIpc) is 2.73. The summed E-state index contributed by atoms with van der Waals surface area (Å²) < 4.78 is 40.3. The molecule has 1 heterocycles. The van der Waals surface area contributed by atoms with E-state index < -0.39 is 33.7 Å². The Morgan fingerprint density at radius 1 is 1.30 bits per heavy atom. The number of ether oxygens (including phenoxy) is 2. The van der Waals surface area contributed by atoms with Crippen LogP contribution >= 0.6 is 0 Å². The Labute approximate surface area is 190 Å². The number of nitrogens with zero attached hydrogens (tertiary/aromatic N) is 1. The number of halogens is 2. The molecular weight excluding hydrogens is 440 g/mol. The van der Waals surface area contributed by atoms with Crippen LogP contribution in [0.4, 0.5) is 8.78 Å². The van der Waals surface area contributed by atoms with Crippen molar-refractivity contribution in [3.8, 4) is 5.75 Å². The fraction of sp³-hybridized carbons (Fsp3) is 0.609. The zero-order valence-electron chi connectivity index (χ0n) is 18.9. The van der Waals surface area contributed by atoms with E-state index in [9.17, 15) is 28.8 Å². The van der Waals surface area contributed by atoms with Gasteiger partial charge < -0.3 is 19.4 Å². The van der Waals surface area contributed by atoms with Crippen molar-refractivity contribution in [1.82, 2.24) is 0 Å². The maximum absolute atomic E-state index is 14.8. The lowest BCUT2D eigenvalue weighted by Gasteiger charge is -2.53. The Morgan fingerprint density at radius 2 is 2.00 bits per heavy atom. The summed E-state index contributed by atoms with van der Waals surface area (Å²) in [4.78, 5) is 26.3. The molecule has 0 bridgehead atoms. The normalized spacial score (nSPS) is 23.5. The van der Waals surface area contributed by atoms with Gasteiger partial charge in [0.15, 0.2) is 0 Å². The summed E-state index contributed by atoms with van der Waals surface area (Å²) in [7, 11) is 0. The van der Waals surface area contributed by atoms with Gasteiger partial charge in [-0.2, -0.15) is 8.78 Å². The lowest BCUT2D eigenvalue weighted by Crippen LogP contribution is -2.60. The topological polar surface area (TPSA) is 108 Å². The van der Waals surface area contributed by atoms with Crippen molar-refractivity contribution in [3.63, 3.8) is 0 Å². The number of fused-ring (bicyclic) bond motifs is 3. The van der Waals surface area contributed by atoms with Crippen molar-refractivity contribution >= 4 is 5.97 Å². The van der Waals surface area contributed by atoms with E-state index in [0.717, 1.165) is 11.6 Å². The summed E-state index contributed by atoms with van der Waals surface area (Å²) in [5.74, 6) is -5.64. The van der Waals surface area contributed by atoms with E-state index in [4.69, 9.17) is 9.47 Å². The van der Waals surface area contributed by atoms with Gasteiger partial charge in [-0.15, -0.1) is 10.1 Å². The summed E-state index contributed by atoms with van der Waals surface area (Å²) in [5.41, 5.74) is -0.997. The van der Waals surface area contributed by atoms with E-state index in [0.29, 0.717) is 31.2 Å². The van der Waals surface area contributed by atoms with Crippen LogP contribution < -0.4 is 4.74 Å². The summed E-state index contributed by atoms with van der Waals surface area (Å²) in [6.45, 7) is 5.09. The molecule has 2 atom stereocenters. The van der Waals surface area contributed by atoms with E-state index in [1.165, 1.54) is 12.1 Å². The van der Waals surface area contributed by atoms with Gasteiger partial charge in [0.25, 0.3) is 5.09 Å². The third-order valence-electron chi connectivity index (χ3n) is 6.50. The Balaban J connectivity index is 1.69. The van der Waals surface area contributed by atoms with Crippen LogP contribution in [0.25, 0.3) is 0 Å². The number of alkyl halides is 2. The van der Waals surface area contributed by atoms with E-state index in [1.807, 2.05) is 13.0 Å². The third-order valence-corrected chi connectivity index (χ3v) is 6.50. The van der Waals surface area contributed by atoms with Gasteiger partial charge in [-0.3, -0.25) is 0 Å². The summed E-state index contributed by atoms with van der Waals surface area (Å²) in [6, 6.07) is 3.82. The molecule has 3 rings (SSSR count). The molecule has 0 amide bonds. The highest BCUT2D eigenvalue weighted by molar-refractivity contribution is 5.79. The highest BCUT2D eigenvalue weighted by Crippen LogP contribution is 2.54. The first-order chi connectivity index (χ1) is 15.4. The molecule has 1 N–H and O–H groups in total. The first kappa shape index (κ1) is 24.9. The standard InChI is InChI=1S/C23H29F2NO7/c1-15-9-10-22(28)18(13-15)17-8-7-16(14-19(17)33-21(22,2)3)23(24,25)20(27)31-11-5-4-6-12-32-26(29)30/h7-9,14,18,28H,4-6,10-13H2,1-3H3. The van der Waals surface area contributed by atoms with Crippen LogP contribution in [-0.2, 0) is 20.3 Å². The molecular formula is C23H29F2NO7. The maximum Gasteiger partial charge on any atom is 0.381 e. The fourth-order valence-corrected chi connectivity index (χ4v) is 4.44. The van der Waals surface area contributed by atoms with Crippen molar-refractivity contribution in [2.75, 3.05) is 13.2 Å². The molecule has 0 aromatic heterocycles. The molecule has 0 fully saturated rings. The lowest BCUT2D eigenvalue weighted by atomic mass is 9.63. The number of carbonyl (C=O) groups excluding carboxylic acids is 1. The Morgan fingerprint density at radius 3 is 2.70 bits per heavy atom. The van der Waals surface area contributed by atoms with Gasteiger partial charge in [-0.1, -0.05) is 23.8 Å². The molecule has 182 valence electrons. The predicted octanol–water partition coefficient (Wildman–Crippen LogP) is 4.43. The number of hydrogen-bond donors (Lipinski definition) is 1. The van der Waals surface area contributed by atoms with E-state index in [1.54, 1.807) is 13.8 Å². The Kier molecular flexibility index (Phi) is 6.97. The maximum atomic E-state index is 14.8. The number of allylic oxidation sites excluding steroid dienone is 1. The van der Waals surface area contributed by atoms with Gasteiger partial charge in [0.05, 0.1) is 13.2 Å². The van der Waals surface area contributed by atoms with Crippen LogP contribution in [-0.4, -0.2) is 40.6 Å². The van der Waals surface area contributed by atoms with Crippen LogP contribution in [0.5, 0.6) is 5.75 Å². The first-order valence-electron chi connectivity index (χ1n) is 10.9. The highest BCUT2D eigenvalue weighted by atomic mass is 19.3. The second kappa shape index (κ2) is 9.24. The minimum Gasteiger partial charge on any atom is -0.485 e. The van der Waals surface area contributed by atoms with Crippen LogP contribution in [0.2, 0.25) is 0 Å². The lowest BCUT2D eigenvalue weighted by molar-refractivity contribution is -0.757. The molecule has 8 nitrogen and oxygen atoms in total. The van der Waals surface area contributed by atoms with Crippen LogP contribution in [0.1, 0.15) is 69.9 Å². The number of aliphatic hydroxyl groups is 1. The molecule has 0 saturated carbocycles. The molecule has 0 radical (unpaired) electrons. The van der Waals surface area contributed by atoms with E-state index in [-0.39, 0.29) is 31.3 Å². The third kappa shape index (κ3) is 4.95. The molecule has 2 aliphatic rings. The molecule has 1 aliphatic carbocycles. The average molecular weight is 469 g/mol. The SMILES string of the molecule is CC1=CCC2(O)C(C1)c1ccc(C(F)(F)C(=O)OCCCCCO[N+](=O)[O-])cc1OC2(C)C. The molecule has 0 spiro atoms. The number of benzene rings is 1. The minimum atomic E-state index is -3.88. The number of unbranched alkanes of at least 4 members (excludes halogenated alkanes) is 2. The fourth-order valence-electron chi connectivity index (χ4n) is 4.44. The van der Waals surface area contributed by atoms with Crippen molar-refractivity contribution in [2.24, 2.45) is 0 Å². The molecule has 33 heavy (non-hydrogen) atoms. The molecule has 1 aromatic carbocycles. The monoisotopic (exact) mass is 469 g/mol. The Hall–Kier alpha value is -2.75. The van der Waals surface area contributed by atoms with Gasteiger partial charge >= 0.3 is 11.9 Å². The number of rotatable bonds is 9. The molecule has 1 aromatic rings.